The van der Waals surface area contributed by atoms with Gasteiger partial charge in [0.15, 0.2) is 0 Å². The van der Waals surface area contributed by atoms with Crippen molar-refractivity contribution in [2.24, 2.45) is 0 Å². The Morgan fingerprint density at radius 3 is 2.65 bits per heavy atom. The van der Waals surface area contributed by atoms with Gasteiger partial charge in [0.25, 0.3) is 5.91 Å². The first-order valence-corrected chi connectivity index (χ1v) is 9.33. The standard InChI is InChI=1S/C22H26N2O2/c1-2-3-17-26-20-11-9-19(10-12-20)22(25)23-14-6-15-24-16-13-18-7-4-5-8-21(18)24/h4-5,7-13,16H,2-3,6,14-15,17H2,1H3,(H,23,25). The molecule has 0 aliphatic carbocycles. The van der Waals surface area contributed by atoms with Crippen LogP contribution in [0, 0.1) is 0 Å². The van der Waals surface area contributed by atoms with Crippen LogP contribution in [-0.4, -0.2) is 23.6 Å². The maximum atomic E-state index is 12.2. The SMILES string of the molecule is CCCCOc1ccc(C(=O)NCCCn2ccc3ccccc32)cc1. The summed E-state index contributed by atoms with van der Waals surface area (Å²) in [7, 11) is 0. The summed E-state index contributed by atoms with van der Waals surface area (Å²) in [6.07, 6.45) is 5.14. The van der Waals surface area contributed by atoms with Crippen LogP contribution in [0.1, 0.15) is 36.5 Å². The van der Waals surface area contributed by atoms with Crippen molar-refractivity contribution in [2.75, 3.05) is 13.2 Å². The number of nitrogens with zero attached hydrogens (tertiary/aromatic N) is 1. The Kier molecular flexibility index (Phi) is 6.31. The molecule has 0 aliphatic heterocycles. The lowest BCUT2D eigenvalue weighted by Crippen LogP contribution is -2.25. The van der Waals surface area contributed by atoms with Crippen LogP contribution in [0.3, 0.4) is 0 Å². The fraction of sp³-hybridized carbons (Fsp3) is 0.318. The van der Waals surface area contributed by atoms with Gasteiger partial charge in [-0.25, -0.2) is 0 Å². The highest BCUT2D eigenvalue weighted by atomic mass is 16.5. The second-order valence-corrected chi connectivity index (χ2v) is 6.40. The fourth-order valence-electron chi connectivity index (χ4n) is 2.93. The first-order chi connectivity index (χ1) is 12.8. The quantitative estimate of drug-likeness (QED) is 0.571. The second kappa shape index (κ2) is 9.09. The van der Waals surface area contributed by atoms with Gasteiger partial charge in [-0.3, -0.25) is 4.79 Å². The lowest BCUT2D eigenvalue weighted by Gasteiger charge is -2.09. The Balaban J connectivity index is 1.44. The average molecular weight is 350 g/mol. The smallest absolute Gasteiger partial charge is 0.251 e. The van der Waals surface area contributed by atoms with E-state index in [1.807, 2.05) is 30.3 Å². The Bertz CT molecular complexity index is 837. The molecule has 1 heterocycles. The highest BCUT2D eigenvalue weighted by molar-refractivity contribution is 5.94. The lowest BCUT2D eigenvalue weighted by molar-refractivity contribution is 0.0952. The van der Waals surface area contributed by atoms with E-state index in [9.17, 15) is 4.79 Å². The van der Waals surface area contributed by atoms with Crippen LogP contribution in [0.2, 0.25) is 0 Å². The Morgan fingerprint density at radius 2 is 1.85 bits per heavy atom. The van der Waals surface area contributed by atoms with E-state index in [-0.39, 0.29) is 5.91 Å². The highest BCUT2D eigenvalue weighted by Gasteiger charge is 2.05. The molecule has 0 saturated carbocycles. The summed E-state index contributed by atoms with van der Waals surface area (Å²) in [5.41, 5.74) is 1.90. The molecule has 0 saturated heterocycles. The summed E-state index contributed by atoms with van der Waals surface area (Å²) < 4.78 is 7.85. The predicted molar refractivity (Wildman–Crippen MR) is 106 cm³/mol. The normalized spacial score (nSPS) is 10.8. The van der Waals surface area contributed by atoms with Crippen LogP contribution >= 0.6 is 0 Å². The van der Waals surface area contributed by atoms with Gasteiger partial charge in [-0.15, -0.1) is 0 Å². The van der Waals surface area contributed by atoms with Gasteiger partial charge in [0.05, 0.1) is 6.61 Å². The molecule has 0 aliphatic rings. The van der Waals surface area contributed by atoms with Crippen LogP contribution < -0.4 is 10.1 Å². The van der Waals surface area contributed by atoms with Gasteiger partial charge in [-0.05, 0) is 54.6 Å². The minimum atomic E-state index is -0.0394. The van der Waals surface area contributed by atoms with E-state index in [1.54, 1.807) is 0 Å². The molecule has 1 aromatic heterocycles. The molecule has 3 rings (SSSR count). The van der Waals surface area contributed by atoms with E-state index in [0.717, 1.165) is 38.2 Å². The first kappa shape index (κ1) is 18.1. The van der Waals surface area contributed by atoms with Crippen molar-refractivity contribution in [3.05, 3.63) is 66.4 Å². The molecule has 0 fully saturated rings. The van der Waals surface area contributed by atoms with Gasteiger partial charge < -0.3 is 14.6 Å². The number of aryl methyl sites for hydroxylation is 1. The summed E-state index contributed by atoms with van der Waals surface area (Å²) in [5, 5.41) is 4.24. The van der Waals surface area contributed by atoms with Crippen LogP contribution in [-0.2, 0) is 6.54 Å². The minimum Gasteiger partial charge on any atom is -0.494 e. The number of para-hydroxylation sites is 1. The number of carbonyl (C=O) groups excluding carboxylic acids is 1. The van der Waals surface area contributed by atoms with Crippen molar-refractivity contribution in [1.82, 2.24) is 9.88 Å². The maximum absolute atomic E-state index is 12.2. The van der Waals surface area contributed by atoms with E-state index < -0.39 is 0 Å². The zero-order valence-electron chi connectivity index (χ0n) is 15.3. The maximum Gasteiger partial charge on any atom is 0.251 e. The molecule has 4 heteroatoms. The zero-order chi connectivity index (χ0) is 18.2. The average Bonchev–Trinajstić information content (AvgIpc) is 3.09. The topological polar surface area (TPSA) is 43.3 Å². The summed E-state index contributed by atoms with van der Waals surface area (Å²) in [5.74, 6) is 0.775. The molecule has 2 aromatic carbocycles. The molecule has 0 atom stereocenters. The third kappa shape index (κ3) is 4.66. The van der Waals surface area contributed by atoms with E-state index >= 15 is 0 Å². The van der Waals surface area contributed by atoms with Crippen molar-refractivity contribution in [2.45, 2.75) is 32.7 Å². The number of nitrogens with one attached hydrogen (secondary N) is 1. The third-order valence-corrected chi connectivity index (χ3v) is 4.42. The van der Waals surface area contributed by atoms with Gasteiger partial charge in [-0.2, -0.15) is 0 Å². The fourth-order valence-corrected chi connectivity index (χ4v) is 2.93. The zero-order valence-corrected chi connectivity index (χ0v) is 15.3. The molecule has 3 aromatic rings. The molecule has 0 unspecified atom stereocenters. The van der Waals surface area contributed by atoms with Crippen molar-refractivity contribution in [1.29, 1.82) is 0 Å². The minimum absolute atomic E-state index is 0.0394. The van der Waals surface area contributed by atoms with E-state index in [4.69, 9.17) is 4.74 Å². The van der Waals surface area contributed by atoms with Crippen molar-refractivity contribution in [3.8, 4) is 5.75 Å². The molecule has 1 amide bonds. The largest absolute Gasteiger partial charge is 0.494 e. The van der Waals surface area contributed by atoms with Gasteiger partial charge >= 0.3 is 0 Å². The second-order valence-electron chi connectivity index (χ2n) is 6.40. The number of benzene rings is 2. The van der Waals surface area contributed by atoms with Gasteiger partial charge in [-0.1, -0.05) is 31.5 Å². The summed E-state index contributed by atoms with van der Waals surface area (Å²) >= 11 is 0. The monoisotopic (exact) mass is 350 g/mol. The van der Waals surface area contributed by atoms with E-state index in [1.165, 1.54) is 10.9 Å². The molecule has 1 N–H and O–H groups in total. The van der Waals surface area contributed by atoms with Gasteiger partial charge in [0.1, 0.15) is 5.75 Å². The lowest BCUT2D eigenvalue weighted by atomic mass is 10.2. The molecule has 0 radical (unpaired) electrons. The van der Waals surface area contributed by atoms with Crippen molar-refractivity contribution >= 4 is 16.8 Å². The van der Waals surface area contributed by atoms with Gasteiger partial charge in [0.2, 0.25) is 0 Å². The number of unbranched alkanes of at least 4 members (excludes halogenated alkanes) is 1. The Hall–Kier alpha value is -2.75. The molecule has 4 nitrogen and oxygen atoms in total. The number of hydrogen-bond acceptors (Lipinski definition) is 2. The number of fused-ring (bicyclic) bond motifs is 1. The van der Waals surface area contributed by atoms with Gasteiger partial charge in [0, 0.05) is 30.4 Å². The van der Waals surface area contributed by atoms with E-state index in [2.05, 4.69) is 47.3 Å². The van der Waals surface area contributed by atoms with Crippen LogP contribution in [0.5, 0.6) is 5.75 Å². The summed E-state index contributed by atoms with van der Waals surface area (Å²) in [4.78, 5) is 12.2. The number of aromatic nitrogens is 1. The number of carbonyl (C=O) groups is 1. The third-order valence-electron chi connectivity index (χ3n) is 4.42. The van der Waals surface area contributed by atoms with Crippen molar-refractivity contribution < 1.29 is 9.53 Å². The molecule has 0 spiro atoms. The summed E-state index contributed by atoms with van der Waals surface area (Å²) in [6.45, 7) is 4.39. The molecular weight excluding hydrogens is 324 g/mol. The van der Waals surface area contributed by atoms with Crippen LogP contribution in [0.25, 0.3) is 10.9 Å². The van der Waals surface area contributed by atoms with Crippen LogP contribution in [0.4, 0.5) is 0 Å². The molecule has 26 heavy (non-hydrogen) atoms. The molecule has 136 valence electrons. The Morgan fingerprint density at radius 1 is 1.04 bits per heavy atom. The Labute approximate surface area is 154 Å². The predicted octanol–water partition coefficient (Wildman–Crippen LogP) is 4.64. The number of ether oxygens (including phenoxy) is 1. The van der Waals surface area contributed by atoms with E-state index in [0.29, 0.717) is 12.1 Å². The van der Waals surface area contributed by atoms with Crippen LogP contribution in [0.15, 0.2) is 60.8 Å². The van der Waals surface area contributed by atoms with Crippen molar-refractivity contribution in [3.63, 3.8) is 0 Å². The number of amides is 1. The summed E-state index contributed by atoms with van der Waals surface area (Å²) in [6, 6.07) is 17.8. The first-order valence-electron chi connectivity index (χ1n) is 9.33. The molecule has 0 bridgehead atoms. The number of hydrogen-bond donors (Lipinski definition) is 1. The highest BCUT2D eigenvalue weighted by Crippen LogP contribution is 2.15. The number of rotatable bonds is 9. The molecular formula is C22H26N2O2.